The SMILES string of the molecule is CC1=C[C@]2(C)O[C@@H]3C(=O)N(c4cccc(C)c4)C(=O)[C@@H]3[C@@H]2N=C1. The highest BCUT2D eigenvalue weighted by Crippen LogP contribution is 2.46. The molecule has 0 saturated carbocycles. The Bertz CT molecular complexity index is 782. The van der Waals surface area contributed by atoms with Gasteiger partial charge >= 0.3 is 0 Å². The molecule has 3 heterocycles. The molecule has 0 bridgehead atoms. The first-order valence-electron chi connectivity index (χ1n) is 7.76. The fraction of sp³-hybridized carbons (Fsp3) is 0.389. The largest absolute Gasteiger partial charge is 0.355 e. The number of amides is 2. The summed E-state index contributed by atoms with van der Waals surface area (Å²) < 4.78 is 6.01. The molecule has 4 rings (SSSR count). The number of imide groups is 1. The summed E-state index contributed by atoms with van der Waals surface area (Å²) in [4.78, 5) is 31.5. The van der Waals surface area contributed by atoms with Crippen molar-refractivity contribution >= 4 is 23.7 Å². The molecule has 3 aliphatic rings. The van der Waals surface area contributed by atoms with Crippen LogP contribution in [0.5, 0.6) is 0 Å². The van der Waals surface area contributed by atoms with E-state index in [-0.39, 0.29) is 17.9 Å². The van der Waals surface area contributed by atoms with Gasteiger partial charge in [0.25, 0.3) is 5.91 Å². The Morgan fingerprint density at radius 1 is 1.22 bits per heavy atom. The summed E-state index contributed by atoms with van der Waals surface area (Å²) in [5.41, 5.74) is 1.91. The Labute approximate surface area is 134 Å². The fourth-order valence-electron chi connectivity index (χ4n) is 3.86. The van der Waals surface area contributed by atoms with Crippen molar-refractivity contribution < 1.29 is 14.3 Å². The molecule has 0 aliphatic carbocycles. The molecule has 2 saturated heterocycles. The number of allylic oxidation sites excluding steroid dienone is 1. The van der Waals surface area contributed by atoms with Gasteiger partial charge in [0.05, 0.1) is 17.6 Å². The van der Waals surface area contributed by atoms with Gasteiger partial charge in [-0.3, -0.25) is 14.6 Å². The number of fused-ring (bicyclic) bond motifs is 3. The lowest BCUT2D eigenvalue weighted by molar-refractivity contribution is -0.129. The molecule has 5 heteroatoms. The highest BCUT2D eigenvalue weighted by Gasteiger charge is 2.63. The molecule has 2 amide bonds. The summed E-state index contributed by atoms with van der Waals surface area (Å²) >= 11 is 0. The minimum Gasteiger partial charge on any atom is -0.355 e. The molecule has 118 valence electrons. The van der Waals surface area contributed by atoms with Crippen LogP contribution < -0.4 is 4.90 Å². The van der Waals surface area contributed by atoms with Crippen molar-refractivity contribution in [3.63, 3.8) is 0 Å². The van der Waals surface area contributed by atoms with E-state index in [0.717, 1.165) is 11.1 Å². The number of rotatable bonds is 1. The molecule has 0 radical (unpaired) electrons. The van der Waals surface area contributed by atoms with Crippen LogP contribution in [0.1, 0.15) is 19.4 Å². The molecule has 4 atom stereocenters. The molecule has 0 spiro atoms. The lowest BCUT2D eigenvalue weighted by Gasteiger charge is -2.30. The Balaban J connectivity index is 1.74. The number of carbonyl (C=O) groups excluding carboxylic acids is 2. The second-order valence-electron chi connectivity index (χ2n) is 6.71. The number of dihydropyridines is 1. The maximum Gasteiger partial charge on any atom is 0.263 e. The van der Waals surface area contributed by atoms with Gasteiger partial charge in [-0.1, -0.05) is 12.1 Å². The third-order valence-electron chi connectivity index (χ3n) is 4.82. The molecular formula is C18H18N2O3. The zero-order valence-corrected chi connectivity index (χ0v) is 13.3. The van der Waals surface area contributed by atoms with E-state index in [1.54, 1.807) is 12.3 Å². The van der Waals surface area contributed by atoms with Crippen molar-refractivity contribution in [2.45, 2.75) is 38.5 Å². The topological polar surface area (TPSA) is 59.0 Å². The third kappa shape index (κ3) is 1.93. The van der Waals surface area contributed by atoms with Gasteiger partial charge in [0.1, 0.15) is 5.60 Å². The number of carbonyl (C=O) groups is 2. The number of hydrogen-bond acceptors (Lipinski definition) is 4. The zero-order valence-electron chi connectivity index (χ0n) is 13.3. The maximum absolute atomic E-state index is 12.9. The molecule has 2 fully saturated rings. The number of ether oxygens (including phenoxy) is 1. The Hall–Kier alpha value is -2.27. The van der Waals surface area contributed by atoms with Gasteiger partial charge in [-0.25, -0.2) is 4.90 Å². The van der Waals surface area contributed by atoms with Gasteiger partial charge in [0.15, 0.2) is 6.10 Å². The highest BCUT2D eigenvalue weighted by molar-refractivity contribution is 6.24. The summed E-state index contributed by atoms with van der Waals surface area (Å²) in [7, 11) is 0. The third-order valence-corrected chi connectivity index (χ3v) is 4.82. The van der Waals surface area contributed by atoms with E-state index in [1.807, 2.05) is 45.0 Å². The smallest absolute Gasteiger partial charge is 0.263 e. The monoisotopic (exact) mass is 310 g/mol. The van der Waals surface area contributed by atoms with Crippen LogP contribution in [0.2, 0.25) is 0 Å². The van der Waals surface area contributed by atoms with Crippen molar-refractivity contribution in [1.29, 1.82) is 0 Å². The van der Waals surface area contributed by atoms with E-state index in [1.165, 1.54) is 4.90 Å². The first-order chi connectivity index (χ1) is 10.9. The Morgan fingerprint density at radius 3 is 2.74 bits per heavy atom. The molecule has 0 N–H and O–H groups in total. The van der Waals surface area contributed by atoms with Gasteiger partial charge in [0, 0.05) is 6.21 Å². The second kappa shape index (κ2) is 4.61. The minimum atomic E-state index is -0.752. The number of aryl methyl sites for hydroxylation is 1. The molecule has 5 nitrogen and oxygen atoms in total. The van der Waals surface area contributed by atoms with Crippen LogP contribution in [0.25, 0.3) is 0 Å². The van der Waals surface area contributed by atoms with Gasteiger partial charge in [-0.05, 0) is 50.1 Å². The van der Waals surface area contributed by atoms with Crippen LogP contribution in [0.15, 0.2) is 40.9 Å². The fourth-order valence-corrected chi connectivity index (χ4v) is 3.86. The molecule has 1 aromatic carbocycles. The Morgan fingerprint density at radius 2 is 2.00 bits per heavy atom. The quantitative estimate of drug-likeness (QED) is 0.746. The molecule has 0 unspecified atom stereocenters. The maximum atomic E-state index is 12.9. The van der Waals surface area contributed by atoms with Crippen LogP contribution >= 0.6 is 0 Å². The molecular weight excluding hydrogens is 292 g/mol. The predicted octanol–water partition coefficient (Wildman–Crippen LogP) is 2.04. The van der Waals surface area contributed by atoms with Gasteiger partial charge in [-0.15, -0.1) is 0 Å². The van der Waals surface area contributed by atoms with Gasteiger partial charge < -0.3 is 4.74 Å². The lowest BCUT2D eigenvalue weighted by atomic mass is 9.85. The summed E-state index contributed by atoms with van der Waals surface area (Å²) in [6, 6.07) is 7.04. The second-order valence-corrected chi connectivity index (χ2v) is 6.71. The standard InChI is InChI=1S/C18H18N2O3/c1-10-5-4-6-12(7-10)20-16(21)13-14(17(20)22)23-18(3)8-11(2)9-19-15(13)18/h4-9,13-15H,1-3H3/t13-,14-,15-,18-/m0/s1. The predicted molar refractivity (Wildman–Crippen MR) is 86.5 cm³/mol. The van der Waals surface area contributed by atoms with Crippen molar-refractivity contribution in [2.24, 2.45) is 10.9 Å². The zero-order chi connectivity index (χ0) is 16.4. The van der Waals surface area contributed by atoms with Crippen LogP contribution in [-0.2, 0) is 14.3 Å². The average molecular weight is 310 g/mol. The highest BCUT2D eigenvalue weighted by atomic mass is 16.5. The van der Waals surface area contributed by atoms with Crippen molar-refractivity contribution in [3.8, 4) is 0 Å². The number of benzene rings is 1. The Kier molecular flexibility index (Phi) is 2.87. The summed E-state index contributed by atoms with van der Waals surface area (Å²) in [5, 5.41) is 0. The van der Waals surface area contributed by atoms with Crippen LogP contribution in [-0.4, -0.2) is 35.8 Å². The number of anilines is 1. The van der Waals surface area contributed by atoms with Crippen molar-refractivity contribution in [3.05, 3.63) is 41.5 Å². The number of aliphatic imine (C=N–C) groups is 1. The molecule has 1 aromatic rings. The van der Waals surface area contributed by atoms with E-state index in [4.69, 9.17) is 4.74 Å². The average Bonchev–Trinajstić information content (AvgIpc) is 2.90. The number of hydrogen-bond donors (Lipinski definition) is 0. The molecule has 3 aliphatic heterocycles. The summed E-state index contributed by atoms with van der Waals surface area (Å²) in [5.74, 6) is -1.06. The first-order valence-corrected chi connectivity index (χ1v) is 7.76. The normalized spacial score (nSPS) is 35.3. The van der Waals surface area contributed by atoms with E-state index in [2.05, 4.69) is 4.99 Å². The molecule has 0 aromatic heterocycles. The summed E-state index contributed by atoms with van der Waals surface area (Å²) in [6.07, 6.45) is 2.96. The van der Waals surface area contributed by atoms with Crippen LogP contribution in [0.3, 0.4) is 0 Å². The van der Waals surface area contributed by atoms with Gasteiger partial charge in [-0.2, -0.15) is 0 Å². The van der Waals surface area contributed by atoms with Crippen molar-refractivity contribution in [1.82, 2.24) is 0 Å². The van der Waals surface area contributed by atoms with E-state index in [9.17, 15) is 9.59 Å². The summed E-state index contributed by atoms with van der Waals surface area (Å²) in [6.45, 7) is 5.76. The van der Waals surface area contributed by atoms with Crippen molar-refractivity contribution in [2.75, 3.05) is 4.90 Å². The van der Waals surface area contributed by atoms with E-state index >= 15 is 0 Å². The minimum absolute atomic E-state index is 0.218. The van der Waals surface area contributed by atoms with E-state index < -0.39 is 17.6 Å². The number of nitrogens with zero attached hydrogens (tertiary/aromatic N) is 2. The van der Waals surface area contributed by atoms with Gasteiger partial charge in [0.2, 0.25) is 5.91 Å². The first kappa shape index (κ1) is 14.3. The lowest BCUT2D eigenvalue weighted by Crippen LogP contribution is -2.43. The molecule has 23 heavy (non-hydrogen) atoms. The van der Waals surface area contributed by atoms with E-state index in [0.29, 0.717) is 5.69 Å². The van der Waals surface area contributed by atoms with Crippen LogP contribution in [0, 0.1) is 12.8 Å². The van der Waals surface area contributed by atoms with Crippen LogP contribution in [0.4, 0.5) is 5.69 Å².